The minimum absolute atomic E-state index is 0.148. The van der Waals surface area contributed by atoms with Crippen LogP contribution in [0.15, 0.2) is 48.5 Å². The van der Waals surface area contributed by atoms with Crippen LogP contribution in [-0.2, 0) is 16.1 Å². The van der Waals surface area contributed by atoms with Gasteiger partial charge in [0.2, 0.25) is 5.91 Å². The number of benzene rings is 2. The van der Waals surface area contributed by atoms with Gasteiger partial charge in [0.1, 0.15) is 5.75 Å². The van der Waals surface area contributed by atoms with Crippen LogP contribution in [0.4, 0.5) is 5.69 Å². The van der Waals surface area contributed by atoms with Gasteiger partial charge in [-0.25, -0.2) is 0 Å². The minimum atomic E-state index is -0.642. The van der Waals surface area contributed by atoms with E-state index < -0.39 is 6.10 Å². The van der Waals surface area contributed by atoms with Crippen LogP contribution in [0.2, 0.25) is 5.02 Å². The van der Waals surface area contributed by atoms with E-state index in [4.69, 9.17) is 16.3 Å². The molecule has 1 aliphatic rings. The first kappa shape index (κ1) is 18.3. The molecular weight excluding hydrogens is 352 g/mol. The van der Waals surface area contributed by atoms with Crippen LogP contribution in [0.5, 0.6) is 5.75 Å². The summed E-state index contributed by atoms with van der Waals surface area (Å²) < 4.78 is 5.62. The summed E-state index contributed by atoms with van der Waals surface area (Å²) in [6.07, 6.45) is 0.842. The smallest absolute Gasteiger partial charge is 0.261 e. The molecule has 0 bridgehead atoms. The van der Waals surface area contributed by atoms with Gasteiger partial charge in [0.15, 0.2) is 6.10 Å². The van der Waals surface area contributed by atoms with Gasteiger partial charge in [-0.2, -0.15) is 0 Å². The van der Waals surface area contributed by atoms with Gasteiger partial charge in [0.05, 0.1) is 0 Å². The van der Waals surface area contributed by atoms with E-state index in [9.17, 15) is 9.59 Å². The minimum Gasteiger partial charge on any atom is -0.481 e. The summed E-state index contributed by atoms with van der Waals surface area (Å²) in [5.74, 6) is 0.483. The maximum atomic E-state index is 12.3. The molecule has 0 spiro atoms. The van der Waals surface area contributed by atoms with Gasteiger partial charge in [-0.3, -0.25) is 9.59 Å². The quantitative estimate of drug-likeness (QED) is 0.843. The molecule has 1 atom stereocenters. The molecule has 1 N–H and O–H groups in total. The lowest BCUT2D eigenvalue weighted by Gasteiger charge is -2.17. The predicted octanol–water partition coefficient (Wildman–Crippen LogP) is 3.55. The molecule has 26 heavy (non-hydrogen) atoms. The molecule has 136 valence electrons. The fourth-order valence-corrected chi connectivity index (χ4v) is 3.07. The highest BCUT2D eigenvalue weighted by molar-refractivity contribution is 6.30. The number of amides is 2. The van der Waals surface area contributed by atoms with Crippen molar-refractivity contribution >= 4 is 29.1 Å². The fourth-order valence-electron chi connectivity index (χ4n) is 2.89. The van der Waals surface area contributed by atoms with E-state index in [1.165, 1.54) is 0 Å². The topological polar surface area (TPSA) is 58.6 Å². The Bertz CT molecular complexity index is 809. The Balaban J connectivity index is 1.56. The van der Waals surface area contributed by atoms with Gasteiger partial charge in [0.25, 0.3) is 5.91 Å². The third-order valence-corrected chi connectivity index (χ3v) is 4.48. The second kappa shape index (κ2) is 8.23. The van der Waals surface area contributed by atoms with Crippen LogP contribution in [0.25, 0.3) is 0 Å². The molecule has 3 rings (SSSR count). The number of ether oxygens (including phenoxy) is 1. The summed E-state index contributed by atoms with van der Waals surface area (Å²) >= 11 is 5.92. The van der Waals surface area contributed by atoms with E-state index in [-0.39, 0.29) is 11.8 Å². The monoisotopic (exact) mass is 372 g/mol. The predicted molar refractivity (Wildman–Crippen MR) is 101 cm³/mol. The number of carbonyl (C=O) groups is 2. The lowest BCUT2D eigenvalue weighted by atomic mass is 10.2. The summed E-state index contributed by atoms with van der Waals surface area (Å²) in [6.45, 7) is 2.81. The average molecular weight is 373 g/mol. The van der Waals surface area contributed by atoms with Gasteiger partial charge in [-0.05, 0) is 49.2 Å². The van der Waals surface area contributed by atoms with Crippen LogP contribution in [0, 0.1) is 0 Å². The van der Waals surface area contributed by atoms with Gasteiger partial charge < -0.3 is 15.0 Å². The number of anilines is 1. The first-order chi connectivity index (χ1) is 12.5. The molecule has 2 aromatic carbocycles. The zero-order chi connectivity index (χ0) is 18.5. The highest BCUT2D eigenvalue weighted by atomic mass is 35.5. The maximum absolute atomic E-state index is 12.3. The molecule has 1 unspecified atom stereocenters. The Hall–Kier alpha value is -2.53. The molecular formula is C20H21ClN2O3. The zero-order valence-corrected chi connectivity index (χ0v) is 15.3. The van der Waals surface area contributed by atoms with E-state index in [2.05, 4.69) is 5.32 Å². The van der Waals surface area contributed by atoms with Crippen LogP contribution in [0.3, 0.4) is 0 Å². The Morgan fingerprint density at radius 2 is 2.08 bits per heavy atom. The van der Waals surface area contributed by atoms with Crippen molar-refractivity contribution in [3.8, 4) is 5.75 Å². The van der Waals surface area contributed by atoms with Crippen LogP contribution < -0.4 is 15.0 Å². The zero-order valence-electron chi connectivity index (χ0n) is 14.6. The standard InChI is InChI=1S/C20H21ClN2O3/c1-14(26-18-8-3-6-16(21)12-18)20(25)22-13-15-5-2-7-17(11-15)23-10-4-9-19(23)24/h2-3,5-8,11-12,14H,4,9-10,13H2,1H3,(H,22,25). The molecule has 0 radical (unpaired) electrons. The number of nitrogens with one attached hydrogen (secondary N) is 1. The van der Waals surface area contributed by atoms with Gasteiger partial charge >= 0.3 is 0 Å². The van der Waals surface area contributed by atoms with E-state index in [0.29, 0.717) is 23.7 Å². The molecule has 6 heteroatoms. The third-order valence-electron chi connectivity index (χ3n) is 4.24. The lowest BCUT2D eigenvalue weighted by Crippen LogP contribution is -2.36. The molecule has 2 aromatic rings. The van der Waals surface area contributed by atoms with Crippen molar-refractivity contribution in [1.82, 2.24) is 5.32 Å². The summed E-state index contributed by atoms with van der Waals surface area (Å²) in [6, 6.07) is 14.6. The van der Waals surface area contributed by atoms with Gasteiger partial charge in [-0.1, -0.05) is 29.8 Å². The normalized spacial score (nSPS) is 15.0. The number of halogens is 1. The average Bonchev–Trinajstić information content (AvgIpc) is 3.06. The number of nitrogens with zero attached hydrogens (tertiary/aromatic N) is 1. The van der Waals surface area contributed by atoms with Gasteiger partial charge in [0, 0.05) is 30.2 Å². The molecule has 1 saturated heterocycles. The summed E-state index contributed by atoms with van der Waals surface area (Å²) in [4.78, 5) is 25.9. The molecule has 0 aliphatic carbocycles. The van der Waals surface area contributed by atoms with Crippen molar-refractivity contribution in [2.75, 3.05) is 11.4 Å². The molecule has 5 nitrogen and oxygen atoms in total. The summed E-state index contributed by atoms with van der Waals surface area (Å²) in [5.41, 5.74) is 1.81. The number of hydrogen-bond donors (Lipinski definition) is 1. The van der Waals surface area contributed by atoms with Crippen molar-refractivity contribution in [1.29, 1.82) is 0 Å². The van der Waals surface area contributed by atoms with E-state index >= 15 is 0 Å². The molecule has 0 saturated carbocycles. The first-order valence-corrected chi connectivity index (χ1v) is 9.00. The van der Waals surface area contributed by atoms with E-state index in [0.717, 1.165) is 24.2 Å². The maximum Gasteiger partial charge on any atom is 0.261 e. The molecule has 1 fully saturated rings. The summed E-state index contributed by atoms with van der Waals surface area (Å²) in [7, 11) is 0. The molecule has 2 amide bonds. The van der Waals surface area contributed by atoms with E-state index in [1.807, 2.05) is 24.3 Å². The molecule has 0 aromatic heterocycles. The van der Waals surface area contributed by atoms with Crippen molar-refractivity contribution in [3.05, 3.63) is 59.1 Å². The number of carbonyl (C=O) groups excluding carboxylic acids is 2. The second-order valence-corrected chi connectivity index (χ2v) is 6.69. The Labute approximate surface area is 157 Å². The van der Waals surface area contributed by atoms with Crippen molar-refractivity contribution in [2.24, 2.45) is 0 Å². The molecule has 1 aliphatic heterocycles. The van der Waals surface area contributed by atoms with Gasteiger partial charge in [-0.15, -0.1) is 0 Å². The fraction of sp³-hybridized carbons (Fsp3) is 0.300. The third kappa shape index (κ3) is 4.55. The van der Waals surface area contributed by atoms with E-state index in [1.54, 1.807) is 36.1 Å². The Kier molecular flexibility index (Phi) is 5.78. The largest absolute Gasteiger partial charge is 0.481 e. The second-order valence-electron chi connectivity index (χ2n) is 6.25. The first-order valence-electron chi connectivity index (χ1n) is 8.62. The van der Waals surface area contributed by atoms with Crippen LogP contribution >= 0.6 is 11.6 Å². The van der Waals surface area contributed by atoms with Crippen molar-refractivity contribution in [2.45, 2.75) is 32.4 Å². The van der Waals surface area contributed by atoms with Crippen LogP contribution in [-0.4, -0.2) is 24.5 Å². The highest BCUT2D eigenvalue weighted by Crippen LogP contribution is 2.22. The number of rotatable bonds is 6. The molecule has 1 heterocycles. The van der Waals surface area contributed by atoms with Crippen molar-refractivity contribution in [3.63, 3.8) is 0 Å². The highest BCUT2D eigenvalue weighted by Gasteiger charge is 2.21. The SMILES string of the molecule is CC(Oc1cccc(Cl)c1)C(=O)NCc1cccc(N2CCCC2=O)c1. The summed E-state index contributed by atoms with van der Waals surface area (Å²) in [5, 5.41) is 3.42. The number of hydrogen-bond acceptors (Lipinski definition) is 3. The van der Waals surface area contributed by atoms with Crippen LogP contribution in [0.1, 0.15) is 25.3 Å². The van der Waals surface area contributed by atoms with Crippen molar-refractivity contribution < 1.29 is 14.3 Å². The Morgan fingerprint density at radius 3 is 2.81 bits per heavy atom. The lowest BCUT2D eigenvalue weighted by molar-refractivity contribution is -0.127. The Morgan fingerprint density at radius 1 is 1.27 bits per heavy atom.